The van der Waals surface area contributed by atoms with Crippen LogP contribution in [0.3, 0.4) is 0 Å². The van der Waals surface area contributed by atoms with E-state index < -0.39 is 16.3 Å². The van der Waals surface area contributed by atoms with Crippen LogP contribution in [0.15, 0.2) is 30.5 Å². The van der Waals surface area contributed by atoms with Gasteiger partial charge in [-0.05, 0) is 43.4 Å². The third kappa shape index (κ3) is 6.93. The number of ether oxygens (including phenoxy) is 1. The van der Waals surface area contributed by atoms with E-state index >= 15 is 0 Å². The summed E-state index contributed by atoms with van der Waals surface area (Å²) < 4.78 is 16.9. The predicted molar refractivity (Wildman–Crippen MR) is 153 cm³/mol. The summed E-state index contributed by atoms with van der Waals surface area (Å²) in [4.78, 5) is 22.1. The van der Waals surface area contributed by atoms with Gasteiger partial charge in [0, 0.05) is 66.3 Å². The maximum atomic E-state index is 11.8. The Labute approximate surface area is 231 Å². The number of hydrogen-bond donors (Lipinski definition) is 1. The summed E-state index contributed by atoms with van der Waals surface area (Å²) >= 11 is 1.74. The lowest BCUT2D eigenvalue weighted by atomic mass is 9.88. The fourth-order valence-corrected chi connectivity index (χ4v) is 7.15. The van der Waals surface area contributed by atoms with Gasteiger partial charge in [0.1, 0.15) is 5.54 Å². The van der Waals surface area contributed by atoms with Crippen LogP contribution in [0.2, 0.25) is 0 Å². The zero-order chi connectivity index (χ0) is 26.4. The maximum Gasteiger partial charge on any atom is 0.224 e. The van der Waals surface area contributed by atoms with Crippen LogP contribution in [-0.4, -0.2) is 71.5 Å². The molecule has 0 bridgehead atoms. The molecule has 0 atom stereocenters. The number of morpholine rings is 1. The number of amides is 1. The number of anilines is 2. The molecule has 10 heteroatoms. The molecule has 1 amide bonds. The van der Waals surface area contributed by atoms with E-state index in [1.165, 1.54) is 22.5 Å². The second-order valence-electron chi connectivity index (χ2n) is 10.5. The van der Waals surface area contributed by atoms with Crippen molar-refractivity contribution in [2.24, 2.45) is 5.92 Å². The second-order valence-corrected chi connectivity index (χ2v) is 13.2. The van der Waals surface area contributed by atoms with Gasteiger partial charge in [0.05, 0.1) is 24.2 Å². The first-order valence-corrected chi connectivity index (χ1v) is 16.1. The predicted octanol–water partition coefficient (Wildman–Crippen LogP) is 3.95. The second kappa shape index (κ2) is 12.6. The van der Waals surface area contributed by atoms with Gasteiger partial charge in [-0.1, -0.05) is 42.7 Å². The minimum Gasteiger partial charge on any atom is -0.378 e. The Hall–Kier alpha value is -2.48. The van der Waals surface area contributed by atoms with E-state index in [1.54, 1.807) is 11.3 Å². The smallest absolute Gasteiger partial charge is 0.224 e. The SMILES string of the molecule is N#CC1(NC(=O)C2CCCCC2)CC1.O=S1CCN(c2ccc(-c3cnc(N4CCOCC4)s3)cc2)CC1. The van der Waals surface area contributed by atoms with Gasteiger partial charge in [0.2, 0.25) is 5.91 Å². The first kappa shape index (κ1) is 27.1. The lowest BCUT2D eigenvalue weighted by molar-refractivity contribution is -0.126. The molecule has 6 rings (SSSR count). The molecule has 2 aromatic rings. The van der Waals surface area contributed by atoms with E-state index in [4.69, 9.17) is 10.00 Å². The van der Waals surface area contributed by atoms with Crippen molar-refractivity contribution < 1.29 is 13.7 Å². The Morgan fingerprint density at radius 3 is 2.37 bits per heavy atom. The number of nitriles is 1. The van der Waals surface area contributed by atoms with E-state index in [2.05, 4.69) is 50.4 Å². The van der Waals surface area contributed by atoms with Crippen molar-refractivity contribution in [2.75, 3.05) is 60.7 Å². The van der Waals surface area contributed by atoms with Crippen LogP contribution in [0, 0.1) is 17.2 Å². The number of benzene rings is 1. The molecule has 0 spiro atoms. The molecule has 1 aromatic heterocycles. The van der Waals surface area contributed by atoms with Crippen molar-refractivity contribution >= 4 is 38.9 Å². The van der Waals surface area contributed by atoms with E-state index in [0.717, 1.165) is 94.6 Å². The maximum absolute atomic E-state index is 11.8. The number of nitrogens with one attached hydrogen (secondary N) is 1. The summed E-state index contributed by atoms with van der Waals surface area (Å²) in [5.41, 5.74) is 1.94. The summed E-state index contributed by atoms with van der Waals surface area (Å²) in [6.07, 6.45) is 9.24. The summed E-state index contributed by atoms with van der Waals surface area (Å²) in [5.74, 6) is 1.84. The molecule has 4 aliphatic rings. The normalized spacial score (nSPS) is 21.7. The van der Waals surface area contributed by atoms with E-state index in [0.29, 0.717) is 0 Å². The summed E-state index contributed by atoms with van der Waals surface area (Å²) in [7, 11) is -0.631. The van der Waals surface area contributed by atoms with Crippen LogP contribution in [0.5, 0.6) is 0 Å². The molecule has 1 N–H and O–H groups in total. The first-order valence-electron chi connectivity index (χ1n) is 13.8. The Kier molecular flexibility index (Phi) is 8.97. The number of nitrogens with zero attached hydrogens (tertiary/aromatic N) is 4. The van der Waals surface area contributed by atoms with Crippen molar-refractivity contribution in [1.82, 2.24) is 10.3 Å². The minimum atomic E-state index is -0.631. The number of carbonyl (C=O) groups excluding carboxylic acids is 1. The first-order chi connectivity index (χ1) is 18.5. The molecule has 3 heterocycles. The van der Waals surface area contributed by atoms with Gasteiger partial charge in [-0.2, -0.15) is 5.26 Å². The Morgan fingerprint density at radius 1 is 1.05 bits per heavy atom. The third-order valence-corrected chi connectivity index (χ3v) is 10.2. The van der Waals surface area contributed by atoms with Gasteiger partial charge in [-0.25, -0.2) is 4.98 Å². The minimum absolute atomic E-state index is 0.115. The van der Waals surface area contributed by atoms with Crippen molar-refractivity contribution in [3.8, 4) is 16.5 Å². The Morgan fingerprint density at radius 2 is 1.74 bits per heavy atom. The fraction of sp³-hybridized carbons (Fsp3) is 0.607. The van der Waals surface area contributed by atoms with Crippen molar-refractivity contribution in [3.05, 3.63) is 30.5 Å². The van der Waals surface area contributed by atoms with Crippen molar-refractivity contribution in [2.45, 2.75) is 50.5 Å². The van der Waals surface area contributed by atoms with Crippen LogP contribution in [0.1, 0.15) is 44.9 Å². The molecular formula is C28H37N5O3S2. The summed E-state index contributed by atoms with van der Waals surface area (Å²) in [6.45, 7) is 5.17. The van der Waals surface area contributed by atoms with Crippen LogP contribution in [0.4, 0.5) is 10.8 Å². The quantitative estimate of drug-likeness (QED) is 0.596. The lowest BCUT2D eigenvalue weighted by Gasteiger charge is -2.28. The highest BCUT2D eigenvalue weighted by Crippen LogP contribution is 2.36. The standard InChI is InChI=1S/C17H21N3O2S2.C11H16N2O/c21-24-11-7-19(8-12-24)15-3-1-14(2-4-15)16-13-18-17(23-16)20-5-9-22-10-6-20;12-8-11(6-7-11)13-10(14)9-4-2-1-3-5-9/h1-4,13H,5-12H2;9H,1-7H2,(H,13,14). The highest BCUT2D eigenvalue weighted by Gasteiger charge is 2.45. The van der Waals surface area contributed by atoms with Crippen LogP contribution < -0.4 is 15.1 Å². The number of hydrogen-bond acceptors (Lipinski definition) is 8. The van der Waals surface area contributed by atoms with Gasteiger partial charge < -0.3 is 19.9 Å². The molecule has 2 saturated carbocycles. The van der Waals surface area contributed by atoms with Gasteiger partial charge in [-0.3, -0.25) is 9.00 Å². The molecule has 8 nitrogen and oxygen atoms in total. The van der Waals surface area contributed by atoms with Gasteiger partial charge in [0.25, 0.3) is 0 Å². The van der Waals surface area contributed by atoms with Gasteiger partial charge in [-0.15, -0.1) is 0 Å². The monoisotopic (exact) mass is 555 g/mol. The molecule has 0 unspecified atom stereocenters. The van der Waals surface area contributed by atoms with Crippen LogP contribution in [-0.2, 0) is 20.3 Å². The summed E-state index contributed by atoms with van der Waals surface area (Å²) in [6, 6.07) is 10.8. The number of carbonyl (C=O) groups is 1. The highest BCUT2D eigenvalue weighted by atomic mass is 32.2. The average molecular weight is 556 g/mol. The Bertz CT molecular complexity index is 1140. The molecule has 0 radical (unpaired) electrons. The zero-order valence-corrected chi connectivity index (χ0v) is 23.5. The van der Waals surface area contributed by atoms with Gasteiger partial charge >= 0.3 is 0 Å². The van der Waals surface area contributed by atoms with Crippen LogP contribution in [0.25, 0.3) is 10.4 Å². The van der Waals surface area contributed by atoms with E-state index in [9.17, 15) is 9.00 Å². The molecule has 1 aromatic carbocycles. The number of aromatic nitrogens is 1. The van der Waals surface area contributed by atoms with Crippen molar-refractivity contribution in [3.63, 3.8) is 0 Å². The van der Waals surface area contributed by atoms with Gasteiger partial charge in [0.15, 0.2) is 5.13 Å². The van der Waals surface area contributed by atoms with Crippen LogP contribution >= 0.6 is 11.3 Å². The molecule has 38 heavy (non-hydrogen) atoms. The molecule has 2 saturated heterocycles. The lowest BCUT2D eigenvalue weighted by Crippen LogP contribution is -2.40. The number of rotatable bonds is 5. The topological polar surface area (TPSA) is 98.6 Å². The summed E-state index contributed by atoms with van der Waals surface area (Å²) in [5, 5.41) is 12.8. The van der Waals surface area contributed by atoms with E-state index in [1.807, 2.05) is 6.20 Å². The molecule has 4 fully saturated rings. The average Bonchev–Trinajstić information content (AvgIpc) is 3.57. The molecule has 2 aliphatic heterocycles. The molecular weight excluding hydrogens is 518 g/mol. The molecule has 2 aliphatic carbocycles. The zero-order valence-electron chi connectivity index (χ0n) is 21.9. The largest absolute Gasteiger partial charge is 0.378 e. The molecule has 204 valence electrons. The number of thiazole rings is 1. The fourth-order valence-electron chi connectivity index (χ4n) is 5.12. The van der Waals surface area contributed by atoms with Crippen molar-refractivity contribution in [1.29, 1.82) is 5.26 Å². The third-order valence-electron chi connectivity index (χ3n) is 7.77. The van der Waals surface area contributed by atoms with E-state index in [-0.39, 0.29) is 11.8 Å². The highest BCUT2D eigenvalue weighted by molar-refractivity contribution is 7.85. The Balaban J connectivity index is 0.000000179.